The molecule has 1 atom stereocenters. The van der Waals surface area contributed by atoms with Crippen LogP contribution in [0.4, 0.5) is 26.6 Å². The van der Waals surface area contributed by atoms with E-state index in [9.17, 15) is 41.0 Å². The molecule has 7 nitrogen and oxygen atoms in total. The Kier molecular flexibility index (Phi) is 4.38. The minimum atomic E-state index is -6.20. The predicted octanol–water partition coefficient (Wildman–Crippen LogP) is 0.494. The standard InChI is InChI=1S/C6H2F6O7/c7-5(8,2(15)16)4(19-12,1(13)14)6(9,10)3(17)18-11/h(H,13,14)(H,15,16). The fourth-order valence-corrected chi connectivity index (χ4v) is 0.938. The molecule has 19 heavy (non-hydrogen) atoms. The Morgan fingerprint density at radius 1 is 0.842 bits per heavy atom. The van der Waals surface area contributed by atoms with Gasteiger partial charge in [-0.1, -0.05) is 0 Å². The molecule has 0 heterocycles. The average molecular weight is 300 g/mol. The molecule has 0 saturated heterocycles. The van der Waals surface area contributed by atoms with Crippen LogP contribution in [-0.2, 0) is 24.3 Å². The molecule has 0 bridgehead atoms. The number of carboxylic acids is 2. The summed E-state index contributed by atoms with van der Waals surface area (Å²) in [7, 11) is 0. The highest BCUT2D eigenvalue weighted by molar-refractivity contribution is 5.97. The van der Waals surface area contributed by atoms with Crippen molar-refractivity contribution in [3.63, 3.8) is 0 Å². The quantitative estimate of drug-likeness (QED) is 0.687. The molecule has 13 heteroatoms. The van der Waals surface area contributed by atoms with Gasteiger partial charge in [-0.2, -0.15) is 22.5 Å². The number of halogens is 6. The summed E-state index contributed by atoms with van der Waals surface area (Å²) in [6.45, 7) is 0. The van der Waals surface area contributed by atoms with E-state index in [1.807, 2.05) is 9.88 Å². The Labute approximate surface area is 97.7 Å². The zero-order chi connectivity index (χ0) is 15.6. The van der Waals surface area contributed by atoms with Gasteiger partial charge in [-0.05, 0) is 4.53 Å². The third-order valence-corrected chi connectivity index (χ3v) is 1.90. The summed E-state index contributed by atoms with van der Waals surface area (Å²) in [5.41, 5.74) is -5.85. The van der Waals surface area contributed by atoms with Crippen LogP contribution < -0.4 is 0 Å². The topological polar surface area (TPSA) is 110 Å². The molecule has 2 N–H and O–H groups in total. The first-order chi connectivity index (χ1) is 8.43. The molecular formula is C6H2F6O7. The van der Waals surface area contributed by atoms with Crippen LogP contribution in [0.2, 0.25) is 0 Å². The second-order valence-electron chi connectivity index (χ2n) is 2.88. The first-order valence-electron chi connectivity index (χ1n) is 3.78. The van der Waals surface area contributed by atoms with Crippen LogP contribution in [-0.4, -0.2) is 45.6 Å². The van der Waals surface area contributed by atoms with Crippen LogP contribution in [0.3, 0.4) is 0 Å². The van der Waals surface area contributed by atoms with Crippen LogP contribution in [0.1, 0.15) is 0 Å². The van der Waals surface area contributed by atoms with E-state index < -0.39 is 35.4 Å². The van der Waals surface area contributed by atoms with Gasteiger partial charge in [0, 0.05) is 4.53 Å². The molecule has 0 aliphatic carbocycles. The number of carbonyl (C=O) groups excluding carboxylic acids is 1. The summed E-state index contributed by atoms with van der Waals surface area (Å²) in [5, 5.41) is 16.1. The molecule has 0 aliphatic rings. The molecule has 0 spiro atoms. The zero-order valence-electron chi connectivity index (χ0n) is 8.20. The third-order valence-electron chi connectivity index (χ3n) is 1.90. The third kappa shape index (κ3) is 2.05. The first kappa shape index (κ1) is 16.9. The van der Waals surface area contributed by atoms with Gasteiger partial charge >= 0.3 is 35.4 Å². The highest BCUT2D eigenvalue weighted by Crippen LogP contribution is 2.45. The summed E-state index contributed by atoms with van der Waals surface area (Å²) >= 11 is 0. The Balaban J connectivity index is 6.32. The maximum absolute atomic E-state index is 13.0. The van der Waals surface area contributed by atoms with E-state index in [4.69, 9.17) is 10.2 Å². The lowest BCUT2D eigenvalue weighted by Crippen LogP contribution is -2.71. The minimum Gasteiger partial charge on any atom is -0.479 e. The lowest BCUT2D eigenvalue weighted by atomic mass is 9.88. The van der Waals surface area contributed by atoms with E-state index in [2.05, 4.69) is 0 Å². The molecule has 0 saturated carbocycles. The van der Waals surface area contributed by atoms with E-state index in [1.165, 1.54) is 0 Å². The number of alkyl halides is 4. The van der Waals surface area contributed by atoms with Gasteiger partial charge in [0.05, 0.1) is 0 Å². The van der Waals surface area contributed by atoms with E-state index in [-0.39, 0.29) is 0 Å². The van der Waals surface area contributed by atoms with Crippen LogP contribution in [0, 0.1) is 0 Å². The fourth-order valence-electron chi connectivity index (χ4n) is 0.938. The maximum Gasteiger partial charge on any atom is 0.421 e. The molecule has 0 aliphatic heterocycles. The number of carboxylic acid groups (broad SMARTS) is 2. The molecule has 0 aromatic heterocycles. The lowest BCUT2D eigenvalue weighted by molar-refractivity contribution is -0.357. The molecule has 1 unspecified atom stereocenters. The fraction of sp³-hybridized carbons (Fsp3) is 0.500. The Hall–Kier alpha value is -2.05. The zero-order valence-corrected chi connectivity index (χ0v) is 8.20. The van der Waals surface area contributed by atoms with Crippen molar-refractivity contribution in [3.05, 3.63) is 0 Å². The molecule has 0 aromatic rings. The van der Waals surface area contributed by atoms with Crippen LogP contribution in [0.25, 0.3) is 0 Å². The van der Waals surface area contributed by atoms with Gasteiger partial charge in [0.2, 0.25) is 0 Å². The van der Waals surface area contributed by atoms with Crippen molar-refractivity contribution in [2.24, 2.45) is 0 Å². The first-order valence-corrected chi connectivity index (χ1v) is 3.78. The Morgan fingerprint density at radius 2 is 1.26 bits per heavy atom. The van der Waals surface area contributed by atoms with Crippen molar-refractivity contribution in [2.45, 2.75) is 17.4 Å². The van der Waals surface area contributed by atoms with Gasteiger partial charge in [-0.25, -0.2) is 19.3 Å². The van der Waals surface area contributed by atoms with Crippen molar-refractivity contribution >= 4 is 17.9 Å². The number of aliphatic carboxylic acids is 2. The number of hydrogen-bond donors (Lipinski definition) is 2. The second kappa shape index (κ2) is 4.91. The normalized spacial score (nSPS) is 15.5. The van der Waals surface area contributed by atoms with E-state index >= 15 is 0 Å². The van der Waals surface area contributed by atoms with Gasteiger partial charge in [0.1, 0.15) is 0 Å². The molecule has 0 rings (SSSR count). The van der Waals surface area contributed by atoms with Crippen LogP contribution >= 0.6 is 0 Å². The van der Waals surface area contributed by atoms with E-state index in [1.54, 1.807) is 0 Å². The van der Waals surface area contributed by atoms with Crippen LogP contribution in [0.15, 0.2) is 0 Å². The van der Waals surface area contributed by atoms with Gasteiger partial charge in [-0.3, -0.25) is 0 Å². The highest BCUT2D eigenvalue weighted by atomic mass is 19.3. The number of carbonyl (C=O) groups is 3. The van der Waals surface area contributed by atoms with Crippen molar-refractivity contribution in [3.8, 4) is 0 Å². The molecule has 0 radical (unpaired) electrons. The van der Waals surface area contributed by atoms with Gasteiger partial charge in [0.25, 0.3) is 0 Å². The van der Waals surface area contributed by atoms with Crippen molar-refractivity contribution in [2.75, 3.05) is 0 Å². The monoisotopic (exact) mass is 300 g/mol. The highest BCUT2D eigenvalue weighted by Gasteiger charge is 2.83. The molecular weight excluding hydrogens is 298 g/mol. The molecule has 0 fully saturated rings. The number of rotatable bonds is 6. The van der Waals surface area contributed by atoms with Crippen LogP contribution in [0.5, 0.6) is 0 Å². The smallest absolute Gasteiger partial charge is 0.421 e. The maximum atomic E-state index is 13.0. The summed E-state index contributed by atoms with van der Waals surface area (Å²) in [6, 6.07) is 0. The molecule has 0 aromatic carbocycles. The number of hydrogen-bond acceptors (Lipinski definition) is 5. The summed E-state index contributed by atoms with van der Waals surface area (Å²) in [4.78, 5) is 34.3. The summed E-state index contributed by atoms with van der Waals surface area (Å²) in [6.07, 6.45) is 0. The predicted molar refractivity (Wildman–Crippen MR) is 37.3 cm³/mol. The summed E-state index contributed by atoms with van der Waals surface area (Å²) in [5.74, 6) is -23.1. The van der Waals surface area contributed by atoms with Gasteiger partial charge in [0.15, 0.2) is 0 Å². The SMILES string of the molecule is O=C(O)C(F)(F)C(OF)(C(=O)O)C(F)(F)C(=O)OF. The summed E-state index contributed by atoms with van der Waals surface area (Å²) < 4.78 is 75.3. The average Bonchev–Trinajstić information content (AvgIpc) is 2.27. The molecule has 110 valence electrons. The minimum absolute atomic E-state index is 1.82. The van der Waals surface area contributed by atoms with Crippen molar-refractivity contribution in [1.29, 1.82) is 0 Å². The van der Waals surface area contributed by atoms with Crippen molar-refractivity contribution in [1.82, 2.24) is 0 Å². The van der Waals surface area contributed by atoms with Crippen molar-refractivity contribution < 1.29 is 61.1 Å². The van der Waals surface area contributed by atoms with Gasteiger partial charge < -0.3 is 10.2 Å². The van der Waals surface area contributed by atoms with E-state index in [0.29, 0.717) is 0 Å². The van der Waals surface area contributed by atoms with Gasteiger partial charge in [-0.15, -0.1) is 0 Å². The van der Waals surface area contributed by atoms with E-state index in [0.717, 1.165) is 0 Å². The second-order valence-corrected chi connectivity index (χ2v) is 2.88. The Morgan fingerprint density at radius 3 is 1.47 bits per heavy atom. The molecule has 0 amide bonds. The largest absolute Gasteiger partial charge is 0.479 e. The lowest BCUT2D eigenvalue weighted by Gasteiger charge is -2.33. The Bertz CT molecular complexity index is 409.